The first-order valence-electron chi connectivity index (χ1n) is 8.44. The van der Waals surface area contributed by atoms with Crippen molar-refractivity contribution in [2.75, 3.05) is 5.32 Å². The van der Waals surface area contributed by atoms with Gasteiger partial charge in [0.25, 0.3) is 0 Å². The molecular weight excluding hydrogens is 348 g/mol. The highest BCUT2D eigenvalue weighted by molar-refractivity contribution is 8.15. The van der Waals surface area contributed by atoms with Crippen molar-refractivity contribution in [2.45, 2.75) is 46.3 Å². The van der Waals surface area contributed by atoms with Gasteiger partial charge in [0.2, 0.25) is 11.8 Å². The van der Waals surface area contributed by atoms with Gasteiger partial charge in [-0.15, -0.1) is 0 Å². The van der Waals surface area contributed by atoms with Crippen molar-refractivity contribution in [1.82, 2.24) is 10.7 Å². The molecule has 1 aliphatic heterocycles. The molecule has 1 atom stereocenters. The lowest BCUT2D eigenvalue weighted by Crippen LogP contribution is -2.29. The Morgan fingerprint density at radius 3 is 2.69 bits per heavy atom. The minimum atomic E-state index is -0.497. The molecule has 1 aromatic rings. The largest absolute Gasteiger partial charge is 0.326 e. The van der Waals surface area contributed by atoms with Gasteiger partial charge in [-0.25, -0.2) is 0 Å². The van der Waals surface area contributed by atoms with Crippen molar-refractivity contribution in [3.05, 3.63) is 41.6 Å². The number of amidine groups is 1. The van der Waals surface area contributed by atoms with Crippen molar-refractivity contribution in [1.29, 1.82) is 0 Å². The predicted octanol–water partition coefficient (Wildman–Crippen LogP) is 3.28. The van der Waals surface area contributed by atoms with E-state index in [0.717, 1.165) is 22.5 Å². The second-order valence-corrected chi connectivity index (χ2v) is 8.54. The zero-order valence-electron chi connectivity index (χ0n) is 15.9. The number of carbonyl (C=O) groups is 2. The third-order valence-electron chi connectivity index (χ3n) is 4.22. The minimum Gasteiger partial charge on any atom is -0.326 e. The molecule has 1 aliphatic rings. The first kappa shape index (κ1) is 20.0. The number of thioether (sulfide) groups is 1. The fourth-order valence-electron chi connectivity index (χ4n) is 2.13. The third kappa shape index (κ3) is 5.11. The van der Waals surface area contributed by atoms with Gasteiger partial charge < -0.3 is 10.6 Å². The average molecular weight is 375 g/mol. The zero-order chi connectivity index (χ0) is 19.5. The molecule has 1 heterocycles. The van der Waals surface area contributed by atoms with E-state index in [2.05, 4.69) is 27.7 Å². The molecule has 1 aromatic carbocycles. The summed E-state index contributed by atoms with van der Waals surface area (Å²) < 4.78 is 0. The normalized spacial score (nSPS) is 18.6. The SMILES string of the molecule is C=C(N/N=C1\NC(=O)[C@@H](CC(=O)Nc2cccc(C)c2C)S1)C(C)(C)C. The number of carbonyl (C=O) groups excluding carboxylic acids is 2. The van der Waals surface area contributed by atoms with Crippen LogP contribution in [0.3, 0.4) is 0 Å². The number of nitrogens with one attached hydrogen (secondary N) is 3. The van der Waals surface area contributed by atoms with Crippen molar-refractivity contribution in [2.24, 2.45) is 10.5 Å². The van der Waals surface area contributed by atoms with Crippen LogP contribution in [0.1, 0.15) is 38.3 Å². The lowest BCUT2D eigenvalue weighted by molar-refractivity contribution is -0.122. The Labute approximate surface area is 158 Å². The van der Waals surface area contributed by atoms with E-state index >= 15 is 0 Å². The molecule has 1 fully saturated rings. The summed E-state index contributed by atoms with van der Waals surface area (Å²) in [5.74, 6) is -0.410. The topological polar surface area (TPSA) is 82.6 Å². The number of rotatable bonds is 5. The van der Waals surface area contributed by atoms with Gasteiger partial charge in [-0.1, -0.05) is 51.2 Å². The van der Waals surface area contributed by atoms with Crippen LogP contribution in [0.4, 0.5) is 5.69 Å². The molecule has 0 spiro atoms. The second-order valence-electron chi connectivity index (χ2n) is 7.35. The van der Waals surface area contributed by atoms with E-state index in [1.54, 1.807) is 0 Å². The number of hydrogen-bond donors (Lipinski definition) is 3. The molecule has 7 heteroatoms. The summed E-state index contributed by atoms with van der Waals surface area (Å²) >= 11 is 1.24. The Balaban J connectivity index is 1.94. The lowest BCUT2D eigenvalue weighted by Gasteiger charge is -2.20. The summed E-state index contributed by atoms with van der Waals surface area (Å²) in [6.45, 7) is 13.9. The standard InChI is InChI=1S/C19H26N4O2S/c1-11-8-7-9-14(12(11)2)20-16(24)10-15-17(25)21-18(26-15)23-22-13(3)19(4,5)6/h7-9,15,22H,3,10H2,1-2,4-6H3,(H,20,24)(H,21,23,25)/t15-/m1/s1. The fourth-order valence-corrected chi connectivity index (χ4v) is 3.06. The lowest BCUT2D eigenvalue weighted by atomic mass is 9.93. The quantitative estimate of drug-likeness (QED) is 0.691. The minimum absolute atomic E-state index is 0.0864. The van der Waals surface area contributed by atoms with Gasteiger partial charge >= 0.3 is 0 Å². The maximum atomic E-state index is 12.3. The van der Waals surface area contributed by atoms with E-state index < -0.39 is 5.25 Å². The van der Waals surface area contributed by atoms with E-state index in [4.69, 9.17) is 0 Å². The van der Waals surface area contributed by atoms with Gasteiger partial charge in [0.15, 0.2) is 5.17 Å². The maximum absolute atomic E-state index is 12.3. The predicted molar refractivity (Wildman–Crippen MR) is 108 cm³/mol. The van der Waals surface area contributed by atoms with Crippen LogP contribution >= 0.6 is 11.8 Å². The van der Waals surface area contributed by atoms with Gasteiger partial charge in [-0.2, -0.15) is 5.10 Å². The van der Waals surface area contributed by atoms with Gasteiger partial charge in [0.1, 0.15) is 5.25 Å². The van der Waals surface area contributed by atoms with Crippen molar-refractivity contribution >= 4 is 34.4 Å². The first-order valence-corrected chi connectivity index (χ1v) is 9.32. The summed E-state index contributed by atoms with van der Waals surface area (Å²) in [5, 5.41) is 9.70. The molecule has 2 amide bonds. The highest BCUT2D eigenvalue weighted by atomic mass is 32.2. The molecule has 3 N–H and O–H groups in total. The molecule has 0 saturated carbocycles. The number of nitrogens with zero attached hydrogens (tertiary/aromatic N) is 1. The van der Waals surface area contributed by atoms with Gasteiger partial charge in [0, 0.05) is 23.2 Å². The molecule has 0 aromatic heterocycles. The smallest absolute Gasteiger partial charge is 0.240 e. The molecule has 0 radical (unpaired) electrons. The Hall–Kier alpha value is -2.28. The van der Waals surface area contributed by atoms with Crippen molar-refractivity contribution in [3.8, 4) is 0 Å². The van der Waals surface area contributed by atoms with E-state index in [-0.39, 0.29) is 23.7 Å². The molecular formula is C19H26N4O2S. The molecule has 6 nitrogen and oxygen atoms in total. The number of anilines is 1. The Kier molecular flexibility index (Phi) is 6.13. The summed E-state index contributed by atoms with van der Waals surface area (Å²) in [6.07, 6.45) is 0.0864. The number of hydrazone groups is 1. The molecule has 1 saturated heterocycles. The van der Waals surface area contributed by atoms with Crippen LogP contribution in [0.15, 0.2) is 35.6 Å². The second kappa shape index (κ2) is 7.95. The van der Waals surface area contributed by atoms with Gasteiger partial charge in [-0.05, 0) is 31.0 Å². The van der Waals surface area contributed by atoms with E-state index in [0.29, 0.717) is 5.17 Å². The molecule has 26 heavy (non-hydrogen) atoms. The summed E-state index contributed by atoms with van der Waals surface area (Å²) in [5.41, 5.74) is 6.38. The molecule has 2 rings (SSSR count). The summed E-state index contributed by atoms with van der Waals surface area (Å²) in [7, 11) is 0. The van der Waals surface area contributed by atoms with E-state index in [1.165, 1.54) is 11.8 Å². The molecule has 140 valence electrons. The van der Waals surface area contributed by atoms with Crippen LogP contribution in [-0.2, 0) is 9.59 Å². The fraction of sp³-hybridized carbons (Fsp3) is 0.421. The first-order chi connectivity index (χ1) is 12.1. The van der Waals surface area contributed by atoms with Crippen molar-refractivity contribution < 1.29 is 9.59 Å². The van der Waals surface area contributed by atoms with Crippen molar-refractivity contribution in [3.63, 3.8) is 0 Å². The van der Waals surface area contributed by atoms with Crippen LogP contribution in [-0.4, -0.2) is 22.2 Å². The number of benzene rings is 1. The monoisotopic (exact) mass is 374 g/mol. The van der Waals surface area contributed by atoms with Gasteiger partial charge in [0.05, 0.1) is 0 Å². The van der Waals surface area contributed by atoms with E-state index in [1.807, 2.05) is 52.8 Å². The Morgan fingerprint density at radius 1 is 1.35 bits per heavy atom. The number of hydrogen-bond acceptors (Lipinski definition) is 5. The highest BCUT2D eigenvalue weighted by Crippen LogP contribution is 2.25. The van der Waals surface area contributed by atoms with Crippen LogP contribution in [0.5, 0.6) is 0 Å². The number of aryl methyl sites for hydroxylation is 1. The zero-order valence-corrected chi connectivity index (χ0v) is 16.7. The number of amides is 2. The molecule has 0 aliphatic carbocycles. The molecule has 0 unspecified atom stereocenters. The summed E-state index contributed by atoms with van der Waals surface area (Å²) in [4.78, 5) is 24.4. The number of allylic oxidation sites excluding steroid dienone is 1. The van der Waals surface area contributed by atoms with Crippen LogP contribution in [0.2, 0.25) is 0 Å². The maximum Gasteiger partial charge on any atom is 0.240 e. The Morgan fingerprint density at radius 2 is 2.04 bits per heavy atom. The highest BCUT2D eigenvalue weighted by Gasteiger charge is 2.32. The molecule has 0 bridgehead atoms. The Bertz CT molecular complexity index is 765. The average Bonchev–Trinajstić information content (AvgIpc) is 2.88. The van der Waals surface area contributed by atoms with Crippen LogP contribution in [0.25, 0.3) is 0 Å². The van der Waals surface area contributed by atoms with E-state index in [9.17, 15) is 9.59 Å². The summed E-state index contributed by atoms with van der Waals surface area (Å²) in [6, 6.07) is 5.75. The van der Waals surface area contributed by atoms with Gasteiger partial charge in [-0.3, -0.25) is 15.0 Å². The van der Waals surface area contributed by atoms with Crippen LogP contribution in [0, 0.1) is 19.3 Å². The third-order valence-corrected chi connectivity index (χ3v) is 5.31. The van der Waals surface area contributed by atoms with Crippen LogP contribution < -0.4 is 16.1 Å².